The van der Waals surface area contributed by atoms with Gasteiger partial charge >= 0.3 is 0 Å². The normalized spacial score (nSPS) is 26.1. The van der Waals surface area contributed by atoms with Crippen LogP contribution in [0.1, 0.15) is 70.0 Å². The summed E-state index contributed by atoms with van der Waals surface area (Å²) in [7, 11) is 0. The van der Waals surface area contributed by atoms with Gasteiger partial charge in [0.25, 0.3) is 0 Å². The van der Waals surface area contributed by atoms with Gasteiger partial charge in [0, 0.05) is 11.3 Å². The first-order valence-corrected chi connectivity index (χ1v) is 8.45. The third-order valence-corrected chi connectivity index (χ3v) is 5.27. The van der Waals surface area contributed by atoms with Gasteiger partial charge < -0.3 is 10.3 Å². The van der Waals surface area contributed by atoms with Crippen LogP contribution in [0, 0.1) is 0 Å². The maximum Gasteiger partial charge on any atom is 0.231 e. The van der Waals surface area contributed by atoms with Crippen LogP contribution < -0.4 is 5.73 Å². The summed E-state index contributed by atoms with van der Waals surface area (Å²) in [6, 6.07) is 0.179. The van der Waals surface area contributed by atoms with Crippen molar-refractivity contribution in [3.05, 3.63) is 11.7 Å². The van der Waals surface area contributed by atoms with Gasteiger partial charge in [-0.05, 0) is 19.3 Å². The van der Waals surface area contributed by atoms with Gasteiger partial charge in [-0.3, -0.25) is 0 Å². The molecule has 0 spiro atoms. The van der Waals surface area contributed by atoms with Crippen molar-refractivity contribution in [1.29, 1.82) is 0 Å². The molecule has 0 aromatic carbocycles. The average Bonchev–Trinajstić information content (AvgIpc) is 2.78. The van der Waals surface area contributed by atoms with E-state index >= 15 is 0 Å². The molecule has 1 fully saturated rings. The van der Waals surface area contributed by atoms with E-state index < -0.39 is 0 Å². The largest absolute Gasteiger partial charge is 0.339 e. The maximum absolute atomic E-state index is 6.23. The van der Waals surface area contributed by atoms with Crippen LogP contribution in [-0.2, 0) is 5.75 Å². The van der Waals surface area contributed by atoms with Crippen molar-refractivity contribution < 1.29 is 4.52 Å². The van der Waals surface area contributed by atoms with Gasteiger partial charge in [0.05, 0.1) is 11.7 Å². The molecule has 0 bridgehead atoms. The molecule has 1 heterocycles. The highest BCUT2D eigenvalue weighted by Crippen LogP contribution is 2.30. The molecule has 3 atom stereocenters. The Labute approximate surface area is 119 Å². The fourth-order valence-electron chi connectivity index (χ4n) is 2.45. The second kappa shape index (κ2) is 7.29. The number of aromatic nitrogens is 2. The maximum atomic E-state index is 6.23. The van der Waals surface area contributed by atoms with Crippen LogP contribution >= 0.6 is 11.8 Å². The molecule has 1 aliphatic rings. The topological polar surface area (TPSA) is 64.9 Å². The molecule has 108 valence electrons. The Morgan fingerprint density at radius 3 is 2.95 bits per heavy atom. The van der Waals surface area contributed by atoms with Gasteiger partial charge in [0.1, 0.15) is 0 Å². The Morgan fingerprint density at radius 2 is 2.16 bits per heavy atom. The molecular weight excluding hydrogens is 258 g/mol. The fraction of sp³-hybridized carbons (Fsp3) is 0.857. The van der Waals surface area contributed by atoms with Crippen LogP contribution in [0.3, 0.4) is 0 Å². The molecule has 4 nitrogen and oxygen atoms in total. The average molecular weight is 283 g/mol. The lowest BCUT2D eigenvalue weighted by Crippen LogP contribution is -2.27. The molecule has 1 saturated carbocycles. The summed E-state index contributed by atoms with van der Waals surface area (Å²) in [6.07, 6.45) is 7.05. The molecule has 3 unspecified atom stereocenters. The quantitative estimate of drug-likeness (QED) is 0.838. The van der Waals surface area contributed by atoms with Crippen molar-refractivity contribution in [3.63, 3.8) is 0 Å². The van der Waals surface area contributed by atoms with Gasteiger partial charge in [0.2, 0.25) is 5.89 Å². The molecule has 0 saturated heterocycles. The van der Waals surface area contributed by atoms with Gasteiger partial charge in [0.15, 0.2) is 5.82 Å². The predicted molar refractivity (Wildman–Crippen MR) is 79.1 cm³/mol. The number of hydrogen-bond donors (Lipinski definition) is 1. The lowest BCUT2D eigenvalue weighted by Gasteiger charge is -2.16. The second-order valence-corrected chi connectivity index (χ2v) is 6.91. The summed E-state index contributed by atoms with van der Waals surface area (Å²) in [6.45, 7) is 4.43. The van der Waals surface area contributed by atoms with E-state index in [1.54, 1.807) is 0 Å². The minimum atomic E-state index is 0.179. The molecule has 19 heavy (non-hydrogen) atoms. The van der Waals surface area contributed by atoms with Crippen LogP contribution in [0.5, 0.6) is 0 Å². The number of rotatable bonds is 5. The number of nitrogens with zero attached hydrogens (tertiary/aromatic N) is 2. The third-order valence-electron chi connectivity index (χ3n) is 3.94. The van der Waals surface area contributed by atoms with Crippen LogP contribution in [0.2, 0.25) is 0 Å². The predicted octanol–water partition coefficient (Wildman–Crippen LogP) is 3.48. The van der Waals surface area contributed by atoms with E-state index in [9.17, 15) is 0 Å². The smallest absolute Gasteiger partial charge is 0.231 e. The highest BCUT2D eigenvalue weighted by Gasteiger charge is 2.27. The van der Waals surface area contributed by atoms with Crippen molar-refractivity contribution in [1.82, 2.24) is 10.1 Å². The summed E-state index contributed by atoms with van der Waals surface area (Å²) in [5.74, 6) is 2.67. The minimum absolute atomic E-state index is 0.179. The number of hydrogen-bond acceptors (Lipinski definition) is 5. The Hall–Kier alpha value is -0.550. The summed E-state index contributed by atoms with van der Waals surface area (Å²) in [4.78, 5) is 4.55. The van der Waals surface area contributed by atoms with Crippen LogP contribution in [0.15, 0.2) is 4.52 Å². The van der Waals surface area contributed by atoms with E-state index in [0.29, 0.717) is 5.25 Å². The molecule has 2 N–H and O–H groups in total. The molecule has 0 radical (unpaired) electrons. The Bertz CT molecular complexity index is 383. The summed E-state index contributed by atoms with van der Waals surface area (Å²) >= 11 is 1.88. The highest BCUT2D eigenvalue weighted by atomic mass is 32.2. The zero-order valence-electron chi connectivity index (χ0n) is 12.0. The van der Waals surface area contributed by atoms with Crippen LogP contribution in [-0.4, -0.2) is 21.4 Å². The number of thioether (sulfide) groups is 1. The van der Waals surface area contributed by atoms with E-state index in [4.69, 9.17) is 10.3 Å². The van der Waals surface area contributed by atoms with E-state index in [2.05, 4.69) is 24.0 Å². The zero-order valence-corrected chi connectivity index (χ0v) is 12.8. The van der Waals surface area contributed by atoms with Crippen LogP contribution in [0.25, 0.3) is 0 Å². The first-order valence-electron chi connectivity index (χ1n) is 7.40. The van der Waals surface area contributed by atoms with Gasteiger partial charge in [-0.15, -0.1) is 0 Å². The molecule has 0 aliphatic heterocycles. The summed E-state index contributed by atoms with van der Waals surface area (Å²) in [5.41, 5.74) is 6.23. The zero-order chi connectivity index (χ0) is 13.7. The molecule has 2 rings (SSSR count). The Balaban J connectivity index is 1.95. The summed E-state index contributed by atoms with van der Waals surface area (Å²) < 4.78 is 5.44. The van der Waals surface area contributed by atoms with Gasteiger partial charge in [-0.1, -0.05) is 38.3 Å². The molecule has 1 aromatic rings. The first kappa shape index (κ1) is 14.9. The highest BCUT2D eigenvalue weighted by molar-refractivity contribution is 7.99. The molecule has 0 amide bonds. The van der Waals surface area contributed by atoms with Crippen molar-refractivity contribution in [2.75, 3.05) is 0 Å². The van der Waals surface area contributed by atoms with Gasteiger partial charge in [-0.2, -0.15) is 16.7 Å². The van der Waals surface area contributed by atoms with E-state index in [1.165, 1.54) is 25.7 Å². The monoisotopic (exact) mass is 283 g/mol. The van der Waals surface area contributed by atoms with Crippen molar-refractivity contribution in [3.8, 4) is 0 Å². The standard InChI is InChI=1S/C14H25N3OS/c1-3-10(2)19-9-13-16-14(18-17-13)11-7-5-4-6-8-12(11)15/h10-12H,3-9,15H2,1-2H3. The van der Waals surface area contributed by atoms with Crippen molar-refractivity contribution in [2.45, 2.75) is 75.3 Å². The summed E-state index contributed by atoms with van der Waals surface area (Å²) in [5, 5.41) is 4.74. The third kappa shape index (κ3) is 4.21. The molecule has 5 heteroatoms. The molecule has 1 aromatic heterocycles. The number of nitrogens with two attached hydrogens (primary N) is 1. The minimum Gasteiger partial charge on any atom is -0.339 e. The SMILES string of the molecule is CCC(C)SCc1noc(C2CCCCCC2N)n1. The Morgan fingerprint density at radius 1 is 1.37 bits per heavy atom. The Kier molecular flexibility index (Phi) is 5.70. The first-order chi connectivity index (χ1) is 9.20. The van der Waals surface area contributed by atoms with Crippen molar-refractivity contribution in [2.24, 2.45) is 5.73 Å². The lowest BCUT2D eigenvalue weighted by molar-refractivity contribution is 0.324. The van der Waals surface area contributed by atoms with E-state index in [-0.39, 0.29) is 12.0 Å². The van der Waals surface area contributed by atoms with Crippen LogP contribution in [0.4, 0.5) is 0 Å². The lowest BCUT2D eigenvalue weighted by atomic mass is 9.95. The molecule has 1 aliphatic carbocycles. The van der Waals surface area contributed by atoms with Crippen molar-refractivity contribution >= 4 is 11.8 Å². The molecular formula is C14H25N3OS. The second-order valence-electron chi connectivity index (χ2n) is 5.49. The van der Waals surface area contributed by atoms with Gasteiger partial charge in [-0.25, -0.2) is 0 Å². The fourth-order valence-corrected chi connectivity index (χ4v) is 3.24. The van der Waals surface area contributed by atoms with E-state index in [0.717, 1.165) is 30.3 Å². The van der Waals surface area contributed by atoms with E-state index in [1.807, 2.05) is 11.8 Å².